The highest BCUT2D eigenvalue weighted by Crippen LogP contribution is 2.43. The predicted octanol–water partition coefficient (Wildman–Crippen LogP) is 4.05. The molecule has 0 atom stereocenters. The highest BCUT2D eigenvalue weighted by atomic mass is 32.1. The lowest BCUT2D eigenvalue weighted by Gasteiger charge is -2.04. The Kier molecular flexibility index (Phi) is 4.17. The van der Waals surface area contributed by atoms with Gasteiger partial charge in [-0.3, -0.25) is 0 Å². The third-order valence-electron chi connectivity index (χ3n) is 4.99. The van der Waals surface area contributed by atoms with Crippen LogP contribution in [0.1, 0.15) is 23.8 Å². The van der Waals surface area contributed by atoms with Gasteiger partial charge in [0.1, 0.15) is 18.5 Å². The molecule has 0 radical (unpaired) electrons. The van der Waals surface area contributed by atoms with Crippen molar-refractivity contribution in [3.05, 3.63) is 72.3 Å². The van der Waals surface area contributed by atoms with Crippen molar-refractivity contribution in [3.8, 4) is 33.6 Å². The maximum absolute atomic E-state index is 13.9. The summed E-state index contributed by atoms with van der Waals surface area (Å²) in [7, 11) is 0. The van der Waals surface area contributed by atoms with E-state index in [1.165, 1.54) is 31.3 Å². The molecule has 4 heterocycles. The fourth-order valence-corrected chi connectivity index (χ4v) is 4.36. The van der Waals surface area contributed by atoms with E-state index in [2.05, 4.69) is 20.1 Å². The van der Waals surface area contributed by atoms with Crippen LogP contribution in [0.15, 0.2) is 61.4 Å². The summed E-state index contributed by atoms with van der Waals surface area (Å²) in [5.74, 6) is 1.95. The smallest absolute Gasteiger partial charge is 0.182 e. The zero-order valence-electron chi connectivity index (χ0n) is 16.1. The van der Waals surface area contributed by atoms with E-state index < -0.39 is 0 Å². The largest absolute Gasteiger partial charge is 0.249 e. The van der Waals surface area contributed by atoms with Crippen LogP contribution in [-0.4, -0.2) is 39.5 Å². The molecule has 6 rings (SSSR count). The van der Waals surface area contributed by atoms with Crippen LogP contribution < -0.4 is 0 Å². The van der Waals surface area contributed by atoms with Crippen molar-refractivity contribution < 1.29 is 4.39 Å². The van der Waals surface area contributed by atoms with E-state index in [4.69, 9.17) is 10.1 Å². The van der Waals surface area contributed by atoms with E-state index >= 15 is 0 Å². The molecule has 1 saturated carbocycles. The lowest BCUT2D eigenvalue weighted by Crippen LogP contribution is -2.00. The highest BCUT2D eigenvalue weighted by molar-refractivity contribution is 7.15. The van der Waals surface area contributed by atoms with Gasteiger partial charge in [0.2, 0.25) is 0 Å². The average molecular weight is 430 g/mol. The summed E-state index contributed by atoms with van der Waals surface area (Å²) in [6.07, 6.45) is 8.88. The summed E-state index contributed by atoms with van der Waals surface area (Å²) in [4.78, 5) is 18.6. The van der Waals surface area contributed by atoms with Crippen molar-refractivity contribution in [1.29, 1.82) is 0 Å². The quantitative estimate of drug-likeness (QED) is 0.418. The predicted molar refractivity (Wildman–Crippen MR) is 113 cm³/mol. The van der Waals surface area contributed by atoms with Crippen molar-refractivity contribution in [2.75, 3.05) is 0 Å². The average Bonchev–Trinajstić information content (AvgIpc) is 3.22. The van der Waals surface area contributed by atoms with Crippen LogP contribution in [0.3, 0.4) is 0 Å². The molecular weight excluding hydrogens is 415 g/mol. The van der Waals surface area contributed by atoms with Crippen molar-refractivity contribution in [3.63, 3.8) is 0 Å². The number of benzene rings is 1. The second-order valence-corrected chi connectivity index (χ2v) is 8.29. The van der Waals surface area contributed by atoms with Crippen molar-refractivity contribution in [1.82, 2.24) is 39.5 Å². The summed E-state index contributed by atoms with van der Waals surface area (Å²) in [5, 5.41) is 9.94. The van der Waals surface area contributed by atoms with Crippen LogP contribution in [0.5, 0.6) is 0 Å². The molecule has 0 aliphatic heterocycles. The number of hydrogen-bond acceptors (Lipinski definition) is 7. The lowest BCUT2D eigenvalue weighted by molar-refractivity contribution is 0.625. The van der Waals surface area contributed by atoms with Crippen LogP contribution >= 0.6 is 11.3 Å². The van der Waals surface area contributed by atoms with Crippen LogP contribution in [0.2, 0.25) is 0 Å². The SMILES string of the molecule is Fc1cccc(-n2nc(-c3ccnc(-n4cncn4)c3)nc2-c2cnc(C3CC3)s2)c1. The normalized spacial score (nSPS) is 13.6. The fraction of sp³-hybridized carbons (Fsp3) is 0.143. The van der Waals surface area contributed by atoms with Gasteiger partial charge in [-0.1, -0.05) is 6.07 Å². The van der Waals surface area contributed by atoms with E-state index in [0.717, 1.165) is 15.4 Å². The second kappa shape index (κ2) is 7.17. The summed E-state index contributed by atoms with van der Waals surface area (Å²) in [6.45, 7) is 0. The van der Waals surface area contributed by atoms with Gasteiger partial charge in [-0.15, -0.1) is 16.4 Å². The Balaban J connectivity index is 1.48. The minimum Gasteiger partial charge on any atom is -0.249 e. The minimum absolute atomic E-state index is 0.333. The first kappa shape index (κ1) is 18.0. The van der Waals surface area contributed by atoms with Gasteiger partial charge in [0.15, 0.2) is 17.5 Å². The molecule has 0 amide bonds. The Morgan fingerprint density at radius 1 is 1.10 bits per heavy atom. The molecule has 1 fully saturated rings. The molecule has 31 heavy (non-hydrogen) atoms. The van der Waals surface area contributed by atoms with Crippen LogP contribution in [0.25, 0.3) is 33.6 Å². The Morgan fingerprint density at radius 3 is 2.84 bits per heavy atom. The van der Waals surface area contributed by atoms with Gasteiger partial charge in [-0.05, 0) is 43.2 Å². The van der Waals surface area contributed by atoms with Crippen LogP contribution in [0.4, 0.5) is 4.39 Å². The number of aromatic nitrogens is 8. The molecule has 0 bridgehead atoms. The van der Waals surface area contributed by atoms with E-state index in [-0.39, 0.29) is 5.82 Å². The number of hydrogen-bond donors (Lipinski definition) is 0. The minimum atomic E-state index is -0.333. The van der Waals surface area contributed by atoms with E-state index in [9.17, 15) is 4.39 Å². The molecule has 8 nitrogen and oxygen atoms in total. The van der Waals surface area contributed by atoms with E-state index in [1.807, 2.05) is 18.3 Å². The first-order valence-corrected chi connectivity index (χ1v) is 10.6. The molecule has 4 aromatic heterocycles. The molecule has 0 unspecified atom stereocenters. The molecule has 10 heteroatoms. The Morgan fingerprint density at radius 2 is 2.03 bits per heavy atom. The number of pyridine rings is 1. The second-order valence-electron chi connectivity index (χ2n) is 7.23. The van der Waals surface area contributed by atoms with Gasteiger partial charge in [0, 0.05) is 23.9 Å². The molecular formula is C21H15FN8S. The molecule has 1 aliphatic rings. The zero-order valence-corrected chi connectivity index (χ0v) is 16.9. The number of halogens is 1. The molecule has 152 valence electrons. The molecule has 0 spiro atoms. The van der Waals surface area contributed by atoms with Gasteiger partial charge >= 0.3 is 0 Å². The number of thiazole rings is 1. The zero-order chi connectivity index (χ0) is 20.8. The molecule has 0 saturated heterocycles. The van der Waals surface area contributed by atoms with Crippen molar-refractivity contribution >= 4 is 11.3 Å². The third kappa shape index (κ3) is 3.40. The summed E-state index contributed by atoms with van der Waals surface area (Å²) in [6, 6.07) is 9.99. The first-order chi connectivity index (χ1) is 15.2. The van der Waals surface area contributed by atoms with E-state index in [1.54, 1.807) is 45.4 Å². The maximum Gasteiger partial charge on any atom is 0.182 e. The van der Waals surface area contributed by atoms with Gasteiger partial charge in [-0.25, -0.2) is 33.7 Å². The van der Waals surface area contributed by atoms with Gasteiger partial charge in [-0.2, -0.15) is 5.10 Å². The number of rotatable bonds is 5. The molecule has 0 N–H and O–H groups in total. The fourth-order valence-electron chi connectivity index (χ4n) is 3.30. The number of nitrogens with zero attached hydrogens (tertiary/aromatic N) is 8. The summed E-state index contributed by atoms with van der Waals surface area (Å²) in [5.41, 5.74) is 1.37. The third-order valence-corrected chi connectivity index (χ3v) is 6.14. The first-order valence-electron chi connectivity index (χ1n) is 9.75. The van der Waals surface area contributed by atoms with Crippen LogP contribution in [-0.2, 0) is 0 Å². The van der Waals surface area contributed by atoms with Crippen molar-refractivity contribution in [2.45, 2.75) is 18.8 Å². The topological polar surface area (TPSA) is 87.2 Å². The summed E-state index contributed by atoms with van der Waals surface area (Å²) < 4.78 is 17.2. The Hall–Kier alpha value is -3.79. The maximum atomic E-state index is 13.9. The van der Waals surface area contributed by atoms with Crippen LogP contribution in [0, 0.1) is 5.82 Å². The molecule has 1 aliphatic carbocycles. The Bertz CT molecular complexity index is 1370. The van der Waals surface area contributed by atoms with Gasteiger partial charge < -0.3 is 0 Å². The monoisotopic (exact) mass is 430 g/mol. The highest BCUT2D eigenvalue weighted by Gasteiger charge is 2.28. The molecule has 5 aromatic rings. The van der Waals surface area contributed by atoms with Crippen molar-refractivity contribution in [2.24, 2.45) is 0 Å². The Labute approximate surface area is 180 Å². The standard InChI is InChI=1S/C21H15FN8S/c22-15-2-1-3-16(9-15)30-20(17-10-25-21(31-17)13-4-5-13)27-19(28-30)14-6-7-24-18(8-14)29-12-23-11-26-29/h1-3,6-13H,4-5H2. The lowest BCUT2D eigenvalue weighted by atomic mass is 10.2. The van der Waals surface area contributed by atoms with Gasteiger partial charge in [0.05, 0.1) is 15.6 Å². The van der Waals surface area contributed by atoms with E-state index in [0.29, 0.717) is 29.1 Å². The van der Waals surface area contributed by atoms with Gasteiger partial charge in [0.25, 0.3) is 0 Å². The molecule has 1 aromatic carbocycles. The summed E-state index contributed by atoms with van der Waals surface area (Å²) >= 11 is 1.62.